The van der Waals surface area contributed by atoms with Crippen LogP contribution in [0.1, 0.15) is 54.4 Å². The minimum atomic E-state index is -1.06. The van der Waals surface area contributed by atoms with Gasteiger partial charge in [-0.25, -0.2) is 9.97 Å². The van der Waals surface area contributed by atoms with Gasteiger partial charge in [-0.2, -0.15) is 5.10 Å². The lowest BCUT2D eigenvalue weighted by Gasteiger charge is -2.27. The molecule has 0 aliphatic carbocycles. The number of amides is 6. The number of piperidine rings is 1. The number of carbonyl (C=O) groups is 6. The second kappa shape index (κ2) is 17.8. The van der Waals surface area contributed by atoms with Crippen LogP contribution in [0.3, 0.4) is 0 Å². The molecule has 21 heteroatoms. The quantitative estimate of drug-likeness (QED) is 0.0612. The summed E-state index contributed by atoms with van der Waals surface area (Å²) in [4.78, 5) is 85.4. The van der Waals surface area contributed by atoms with Crippen LogP contribution < -0.4 is 36.6 Å². The molecule has 0 bridgehead atoms. The molecule has 5 heterocycles. The number of para-hydroxylation sites is 1. The van der Waals surface area contributed by atoms with Crippen molar-refractivity contribution >= 4 is 64.1 Å². The number of methoxy groups -OCH3 is 1. The van der Waals surface area contributed by atoms with E-state index in [0.717, 1.165) is 4.90 Å². The van der Waals surface area contributed by atoms with E-state index in [1.165, 1.54) is 26.4 Å². The van der Waals surface area contributed by atoms with E-state index in [-0.39, 0.29) is 67.7 Å². The first-order valence-corrected chi connectivity index (χ1v) is 18.6. The van der Waals surface area contributed by atoms with E-state index >= 15 is 0 Å². The summed E-state index contributed by atoms with van der Waals surface area (Å²) in [6, 6.07) is 13.9. The highest BCUT2D eigenvalue weighted by molar-refractivity contribution is 6.25. The van der Waals surface area contributed by atoms with Gasteiger partial charge in [0.25, 0.3) is 23.6 Å². The maximum atomic E-state index is 13.3. The molecular weight excluding hydrogens is 779 g/mol. The Kier molecular flexibility index (Phi) is 12.0. The molecular formula is C39H39N13O8. The Morgan fingerprint density at radius 1 is 0.867 bits per heavy atom. The van der Waals surface area contributed by atoms with E-state index in [1.807, 2.05) is 6.07 Å². The average molecular weight is 818 g/mol. The summed E-state index contributed by atoms with van der Waals surface area (Å²) in [5.74, 6) is -1.65. The predicted molar refractivity (Wildman–Crippen MR) is 214 cm³/mol. The molecule has 6 N–H and O–H groups in total. The van der Waals surface area contributed by atoms with Crippen molar-refractivity contribution in [3.8, 4) is 17.1 Å². The lowest BCUT2D eigenvalue weighted by atomic mass is 10.0. The highest BCUT2D eigenvalue weighted by Gasteiger charge is 2.45. The zero-order valence-corrected chi connectivity index (χ0v) is 32.6. The Bertz CT molecular complexity index is 2490. The third kappa shape index (κ3) is 8.55. The molecule has 5 aromatic rings. The monoisotopic (exact) mass is 817 g/mol. The molecule has 2 aliphatic heterocycles. The molecule has 0 saturated carbocycles. The van der Waals surface area contributed by atoms with Crippen LogP contribution in [0.5, 0.6) is 5.75 Å². The Morgan fingerprint density at radius 2 is 1.65 bits per heavy atom. The molecule has 0 radical (unpaired) electrons. The van der Waals surface area contributed by atoms with Gasteiger partial charge in [0.2, 0.25) is 11.8 Å². The van der Waals surface area contributed by atoms with Gasteiger partial charge in [0.1, 0.15) is 18.2 Å². The first-order valence-electron chi connectivity index (χ1n) is 18.6. The third-order valence-corrected chi connectivity index (χ3v) is 9.41. The Hall–Kier alpha value is -7.81. The maximum Gasteiger partial charge on any atom is 0.273 e. The standard InChI is InChI=1S/C39H39N13O8/c1-40-37(56)32-26(45-25-9-5-7-23(33(25)59-3)34-44-20-51(2)50-34)18-29(48-49-32)46-28-12-10-21(19-43-28)35(54)42-15-17-60-16-14-41-24-8-4-6-22-31(24)39(58)52(38(22)57)27-11-13-30(53)47-36(27)55/h4-10,12,18-20,27,41H,11,13-17H2,1-3H3,(H,40,56)(H,42,54)(H,47,53,55)(H2,43,45,46,48). The average Bonchev–Trinajstić information content (AvgIpc) is 3.79. The third-order valence-electron chi connectivity index (χ3n) is 9.41. The van der Waals surface area contributed by atoms with Crippen molar-refractivity contribution in [2.75, 3.05) is 56.4 Å². The van der Waals surface area contributed by atoms with E-state index < -0.39 is 35.6 Å². The molecule has 1 fully saturated rings. The summed E-state index contributed by atoms with van der Waals surface area (Å²) in [5, 5.41) is 29.5. The van der Waals surface area contributed by atoms with Gasteiger partial charge in [0.05, 0.1) is 54.0 Å². The van der Waals surface area contributed by atoms with Gasteiger partial charge >= 0.3 is 0 Å². The Morgan fingerprint density at radius 3 is 2.37 bits per heavy atom. The number of benzene rings is 2. The number of aromatic nitrogens is 6. The molecule has 2 aromatic carbocycles. The second-order valence-electron chi connectivity index (χ2n) is 13.4. The summed E-state index contributed by atoms with van der Waals surface area (Å²) in [6.45, 7) is 0.880. The van der Waals surface area contributed by atoms with E-state index in [1.54, 1.807) is 60.5 Å². The zero-order valence-electron chi connectivity index (χ0n) is 32.6. The highest BCUT2D eigenvalue weighted by atomic mass is 16.5. The molecule has 60 heavy (non-hydrogen) atoms. The van der Waals surface area contributed by atoms with Gasteiger partial charge in [-0.1, -0.05) is 12.1 Å². The zero-order chi connectivity index (χ0) is 42.3. The van der Waals surface area contributed by atoms with Crippen LogP contribution in [0.25, 0.3) is 11.4 Å². The van der Waals surface area contributed by atoms with Gasteiger partial charge in [0, 0.05) is 51.6 Å². The van der Waals surface area contributed by atoms with Crippen molar-refractivity contribution in [1.82, 2.24) is 50.8 Å². The van der Waals surface area contributed by atoms with E-state index in [2.05, 4.69) is 57.2 Å². The fourth-order valence-electron chi connectivity index (χ4n) is 6.57. The normalized spacial score (nSPS) is 14.7. The fourth-order valence-corrected chi connectivity index (χ4v) is 6.57. The Balaban J connectivity index is 0.896. The minimum Gasteiger partial charge on any atom is -0.494 e. The smallest absolute Gasteiger partial charge is 0.273 e. The number of anilines is 5. The topological polar surface area (TPSA) is 266 Å². The second-order valence-corrected chi connectivity index (χ2v) is 13.4. The summed E-state index contributed by atoms with van der Waals surface area (Å²) in [6.07, 6.45) is 3.06. The van der Waals surface area contributed by atoms with E-state index in [0.29, 0.717) is 45.6 Å². The number of nitrogens with one attached hydrogen (secondary N) is 6. The lowest BCUT2D eigenvalue weighted by Crippen LogP contribution is -2.54. The summed E-state index contributed by atoms with van der Waals surface area (Å²) < 4.78 is 12.9. The number of fused-ring (bicyclic) bond motifs is 1. The molecule has 3 aromatic heterocycles. The summed E-state index contributed by atoms with van der Waals surface area (Å²) in [7, 11) is 4.76. The first kappa shape index (κ1) is 40.4. The van der Waals surface area contributed by atoms with Crippen LogP contribution in [0.4, 0.5) is 28.7 Å². The number of hydrogen-bond donors (Lipinski definition) is 6. The van der Waals surface area contributed by atoms with Gasteiger partial charge in [-0.15, -0.1) is 10.2 Å². The number of hydrogen-bond acceptors (Lipinski definition) is 16. The van der Waals surface area contributed by atoms with E-state index in [4.69, 9.17) is 9.47 Å². The van der Waals surface area contributed by atoms with Crippen molar-refractivity contribution in [1.29, 1.82) is 0 Å². The SMILES string of the molecule is CNC(=O)c1nnc(Nc2ccc(C(=O)NCCOCCNc3cccc4c3C(=O)N(C3CCC(=O)NC3=O)C4=O)cn2)cc1Nc1cccc(-c2ncn(C)n2)c1OC. The van der Waals surface area contributed by atoms with E-state index in [9.17, 15) is 28.8 Å². The number of aryl methyl sites for hydroxylation is 1. The van der Waals surface area contributed by atoms with Crippen molar-refractivity contribution in [3.05, 3.63) is 89.5 Å². The maximum absolute atomic E-state index is 13.3. The number of pyridine rings is 1. The van der Waals surface area contributed by atoms with Crippen LogP contribution in [-0.4, -0.2) is 117 Å². The number of imide groups is 2. The predicted octanol–water partition coefficient (Wildman–Crippen LogP) is 1.78. The largest absolute Gasteiger partial charge is 0.494 e. The molecule has 1 unspecified atom stereocenters. The van der Waals surface area contributed by atoms with Crippen LogP contribution in [-0.2, 0) is 21.4 Å². The van der Waals surface area contributed by atoms with Gasteiger partial charge in [-0.3, -0.25) is 43.7 Å². The molecule has 21 nitrogen and oxygen atoms in total. The van der Waals surface area contributed by atoms with Crippen molar-refractivity contribution in [2.24, 2.45) is 7.05 Å². The summed E-state index contributed by atoms with van der Waals surface area (Å²) in [5.41, 5.74) is 2.53. The minimum absolute atomic E-state index is 0.0281. The van der Waals surface area contributed by atoms with Crippen LogP contribution in [0.15, 0.2) is 67.1 Å². The van der Waals surface area contributed by atoms with Crippen molar-refractivity contribution in [2.45, 2.75) is 18.9 Å². The molecule has 6 amide bonds. The molecule has 1 atom stereocenters. The molecule has 7 rings (SSSR count). The first-order chi connectivity index (χ1) is 29.1. The number of nitrogens with zero attached hydrogens (tertiary/aromatic N) is 7. The number of rotatable bonds is 16. The van der Waals surface area contributed by atoms with Gasteiger partial charge < -0.3 is 36.1 Å². The summed E-state index contributed by atoms with van der Waals surface area (Å²) >= 11 is 0. The van der Waals surface area contributed by atoms with Gasteiger partial charge in [-0.05, 0) is 42.8 Å². The number of ether oxygens (including phenoxy) is 2. The Labute approximate surface area is 341 Å². The lowest BCUT2D eigenvalue weighted by molar-refractivity contribution is -0.136. The van der Waals surface area contributed by atoms with Crippen LogP contribution in [0.2, 0.25) is 0 Å². The highest BCUT2D eigenvalue weighted by Crippen LogP contribution is 2.37. The van der Waals surface area contributed by atoms with Crippen molar-refractivity contribution < 1.29 is 38.2 Å². The van der Waals surface area contributed by atoms with Gasteiger partial charge in [0.15, 0.2) is 23.1 Å². The van der Waals surface area contributed by atoms with Crippen molar-refractivity contribution in [3.63, 3.8) is 0 Å². The molecule has 0 spiro atoms. The van der Waals surface area contributed by atoms with Crippen LogP contribution in [0, 0.1) is 0 Å². The van der Waals surface area contributed by atoms with Crippen LogP contribution >= 0.6 is 0 Å². The molecule has 2 aliphatic rings. The fraction of sp³-hybridized carbons (Fsp3) is 0.256. The molecule has 308 valence electrons. The molecule has 1 saturated heterocycles. The number of carbonyl (C=O) groups excluding carboxylic acids is 6.